The Balaban J connectivity index is 2.77. The molecule has 0 fully saturated rings. The van der Waals surface area contributed by atoms with Gasteiger partial charge in [-0.2, -0.15) is 0 Å². The maximum atomic E-state index is 8.91. The van der Waals surface area contributed by atoms with E-state index in [4.69, 9.17) is 10.8 Å². The normalized spacial score (nSPS) is 12.5. The zero-order valence-corrected chi connectivity index (χ0v) is 7.81. The molecule has 0 amide bonds. The summed E-state index contributed by atoms with van der Waals surface area (Å²) in [6.07, 6.45) is 0. The van der Waals surface area contributed by atoms with Crippen LogP contribution >= 0.6 is 0 Å². The molecule has 1 aromatic rings. The lowest BCUT2D eigenvalue weighted by Crippen LogP contribution is -2.32. The van der Waals surface area contributed by atoms with Gasteiger partial charge in [-0.3, -0.25) is 0 Å². The van der Waals surface area contributed by atoms with Crippen LogP contribution in [0.1, 0.15) is 6.92 Å². The summed E-state index contributed by atoms with van der Waals surface area (Å²) in [5, 5.41) is 16.5. The van der Waals surface area contributed by atoms with Crippen LogP contribution in [0.3, 0.4) is 0 Å². The molecule has 5 nitrogen and oxygen atoms in total. The molecule has 1 unspecified atom stereocenters. The molecule has 0 saturated heterocycles. The molecular weight excluding hydrogens is 168 g/mol. The van der Waals surface area contributed by atoms with Crippen LogP contribution in [-0.2, 0) is 0 Å². The van der Waals surface area contributed by atoms with Crippen LogP contribution in [0, 0.1) is 0 Å². The second-order valence-electron chi connectivity index (χ2n) is 2.96. The number of nitrogens with two attached hydrogens (primary N) is 1. The van der Waals surface area contributed by atoms with Gasteiger partial charge in [-0.1, -0.05) is 0 Å². The molecule has 1 heterocycles. The number of nitrogen functional groups attached to an aromatic ring is 1. The van der Waals surface area contributed by atoms with Crippen molar-refractivity contribution in [3.05, 3.63) is 12.1 Å². The first-order valence-electron chi connectivity index (χ1n) is 4.08. The zero-order chi connectivity index (χ0) is 9.84. The average Bonchev–Trinajstić information content (AvgIpc) is 2.17. The Bertz CT molecular complexity index is 261. The fraction of sp³-hybridized carbons (Fsp3) is 0.500. The van der Waals surface area contributed by atoms with Crippen molar-refractivity contribution in [1.82, 2.24) is 10.2 Å². The summed E-state index contributed by atoms with van der Waals surface area (Å²) in [6, 6.07) is 3.48. The van der Waals surface area contributed by atoms with Gasteiger partial charge < -0.3 is 15.7 Å². The van der Waals surface area contributed by atoms with E-state index in [1.165, 1.54) is 0 Å². The zero-order valence-electron chi connectivity index (χ0n) is 7.81. The molecule has 0 spiro atoms. The van der Waals surface area contributed by atoms with Crippen molar-refractivity contribution >= 4 is 11.6 Å². The first-order valence-corrected chi connectivity index (χ1v) is 4.08. The van der Waals surface area contributed by atoms with E-state index in [0.29, 0.717) is 11.6 Å². The maximum absolute atomic E-state index is 8.91. The third kappa shape index (κ3) is 2.29. The van der Waals surface area contributed by atoms with Crippen molar-refractivity contribution in [2.24, 2.45) is 0 Å². The molecule has 0 aromatic carbocycles. The predicted octanol–water partition coefficient (Wildman–Crippen LogP) is -0.124. The molecule has 0 saturated carbocycles. The third-order valence-electron chi connectivity index (χ3n) is 1.96. The molecular formula is C8H14N4O. The average molecular weight is 182 g/mol. The van der Waals surface area contributed by atoms with Crippen LogP contribution in [-0.4, -0.2) is 35.0 Å². The summed E-state index contributed by atoms with van der Waals surface area (Å²) in [7, 11) is 1.85. The van der Waals surface area contributed by atoms with Crippen LogP contribution in [0.5, 0.6) is 0 Å². The Labute approximate surface area is 77.2 Å². The number of nitrogens with zero attached hydrogens (tertiary/aromatic N) is 3. The van der Waals surface area contributed by atoms with Crippen molar-refractivity contribution in [2.75, 3.05) is 24.3 Å². The van der Waals surface area contributed by atoms with E-state index in [1.807, 2.05) is 18.9 Å². The van der Waals surface area contributed by atoms with Crippen molar-refractivity contribution in [3.8, 4) is 0 Å². The van der Waals surface area contributed by atoms with Crippen LogP contribution in [0.2, 0.25) is 0 Å². The Morgan fingerprint density at radius 3 is 2.69 bits per heavy atom. The van der Waals surface area contributed by atoms with Crippen LogP contribution in [0.15, 0.2) is 12.1 Å². The quantitative estimate of drug-likeness (QED) is 0.681. The summed E-state index contributed by atoms with van der Waals surface area (Å²) >= 11 is 0. The van der Waals surface area contributed by atoms with Gasteiger partial charge in [-0.25, -0.2) is 0 Å². The van der Waals surface area contributed by atoms with Gasteiger partial charge in [0.15, 0.2) is 5.82 Å². The number of anilines is 2. The molecule has 0 aliphatic carbocycles. The van der Waals surface area contributed by atoms with E-state index < -0.39 is 0 Å². The first kappa shape index (κ1) is 9.73. The molecule has 0 bridgehead atoms. The fourth-order valence-electron chi connectivity index (χ4n) is 0.872. The first-order chi connectivity index (χ1) is 6.15. The van der Waals surface area contributed by atoms with Crippen LogP contribution in [0.25, 0.3) is 0 Å². The van der Waals surface area contributed by atoms with Gasteiger partial charge in [0, 0.05) is 7.05 Å². The van der Waals surface area contributed by atoms with Crippen LogP contribution in [0.4, 0.5) is 11.6 Å². The minimum Gasteiger partial charge on any atom is -0.394 e. The number of hydrogen-bond donors (Lipinski definition) is 2. The number of aliphatic hydroxyl groups excluding tert-OH is 1. The Kier molecular flexibility index (Phi) is 3.02. The van der Waals surface area contributed by atoms with Gasteiger partial charge in [0.25, 0.3) is 0 Å². The highest BCUT2D eigenvalue weighted by Gasteiger charge is 2.09. The van der Waals surface area contributed by atoms with Crippen molar-refractivity contribution < 1.29 is 5.11 Å². The Morgan fingerprint density at radius 2 is 2.23 bits per heavy atom. The van der Waals surface area contributed by atoms with Gasteiger partial charge in [0.2, 0.25) is 0 Å². The molecule has 3 N–H and O–H groups in total. The largest absolute Gasteiger partial charge is 0.394 e. The second-order valence-corrected chi connectivity index (χ2v) is 2.96. The van der Waals surface area contributed by atoms with Crippen molar-refractivity contribution in [3.63, 3.8) is 0 Å². The van der Waals surface area contributed by atoms with Gasteiger partial charge in [-0.05, 0) is 19.1 Å². The predicted molar refractivity (Wildman–Crippen MR) is 51.4 cm³/mol. The smallest absolute Gasteiger partial charge is 0.151 e. The number of rotatable bonds is 3. The van der Waals surface area contributed by atoms with E-state index >= 15 is 0 Å². The Hall–Kier alpha value is -1.36. The summed E-state index contributed by atoms with van der Waals surface area (Å²) in [4.78, 5) is 1.84. The fourth-order valence-corrected chi connectivity index (χ4v) is 0.872. The van der Waals surface area contributed by atoms with E-state index in [1.54, 1.807) is 12.1 Å². The summed E-state index contributed by atoms with van der Waals surface area (Å²) < 4.78 is 0. The topological polar surface area (TPSA) is 75.3 Å². The minimum absolute atomic E-state index is 0.0259. The Morgan fingerprint density at radius 1 is 1.54 bits per heavy atom. The molecule has 72 valence electrons. The highest BCUT2D eigenvalue weighted by Crippen LogP contribution is 2.10. The molecule has 1 rings (SSSR count). The molecule has 0 radical (unpaired) electrons. The lowest BCUT2D eigenvalue weighted by molar-refractivity contribution is 0.269. The van der Waals surface area contributed by atoms with Crippen molar-refractivity contribution in [1.29, 1.82) is 0 Å². The van der Waals surface area contributed by atoms with E-state index in [-0.39, 0.29) is 12.6 Å². The maximum Gasteiger partial charge on any atom is 0.151 e. The van der Waals surface area contributed by atoms with Gasteiger partial charge >= 0.3 is 0 Å². The molecule has 0 aliphatic heterocycles. The van der Waals surface area contributed by atoms with E-state index in [0.717, 1.165) is 0 Å². The standard InChI is InChI=1S/C8H14N4O/c1-6(5-13)12(2)8-4-3-7(9)10-11-8/h3-4,6,13H,5H2,1-2H3,(H2,9,10). The lowest BCUT2D eigenvalue weighted by atomic mass is 10.3. The number of hydrogen-bond acceptors (Lipinski definition) is 5. The van der Waals surface area contributed by atoms with E-state index in [9.17, 15) is 0 Å². The van der Waals surface area contributed by atoms with Crippen LogP contribution < -0.4 is 10.6 Å². The molecule has 1 atom stereocenters. The number of aliphatic hydroxyl groups is 1. The van der Waals surface area contributed by atoms with Gasteiger partial charge in [0.1, 0.15) is 5.82 Å². The minimum atomic E-state index is 0.0259. The second kappa shape index (κ2) is 4.04. The SMILES string of the molecule is CC(CO)N(C)c1ccc(N)nn1. The summed E-state index contributed by atoms with van der Waals surface area (Å²) in [5.41, 5.74) is 5.39. The molecule has 1 aromatic heterocycles. The number of likely N-dealkylation sites (N-methyl/N-ethyl adjacent to an activating group) is 1. The van der Waals surface area contributed by atoms with Gasteiger partial charge in [-0.15, -0.1) is 10.2 Å². The highest BCUT2D eigenvalue weighted by atomic mass is 16.3. The summed E-state index contributed by atoms with van der Waals surface area (Å²) in [5.74, 6) is 1.10. The summed E-state index contributed by atoms with van der Waals surface area (Å²) in [6.45, 7) is 1.99. The lowest BCUT2D eigenvalue weighted by Gasteiger charge is -2.23. The molecule has 13 heavy (non-hydrogen) atoms. The molecule has 5 heteroatoms. The van der Waals surface area contributed by atoms with E-state index in [2.05, 4.69) is 10.2 Å². The highest BCUT2D eigenvalue weighted by molar-refractivity contribution is 5.41. The third-order valence-corrected chi connectivity index (χ3v) is 1.96. The van der Waals surface area contributed by atoms with Gasteiger partial charge in [0.05, 0.1) is 12.6 Å². The molecule has 0 aliphatic rings. The number of aromatic nitrogens is 2. The van der Waals surface area contributed by atoms with Crippen molar-refractivity contribution in [2.45, 2.75) is 13.0 Å². The monoisotopic (exact) mass is 182 g/mol.